The summed E-state index contributed by atoms with van der Waals surface area (Å²) < 4.78 is 5.79. The van der Waals surface area contributed by atoms with Gasteiger partial charge in [0, 0.05) is 5.69 Å². The second-order valence-corrected chi connectivity index (χ2v) is 8.54. The van der Waals surface area contributed by atoms with E-state index in [2.05, 4.69) is 33.0 Å². The lowest BCUT2D eigenvalue weighted by atomic mass is 9.92. The van der Waals surface area contributed by atoms with Crippen LogP contribution in [0.1, 0.15) is 74.3 Å². The van der Waals surface area contributed by atoms with E-state index in [9.17, 15) is 9.59 Å². The molecular formula is C28H31NO3. The smallest absolute Gasteiger partial charge is 0.316 e. The third-order valence-corrected chi connectivity index (χ3v) is 5.40. The molecule has 0 radical (unpaired) electrons. The van der Waals surface area contributed by atoms with Crippen molar-refractivity contribution in [3.63, 3.8) is 0 Å². The predicted molar refractivity (Wildman–Crippen MR) is 129 cm³/mol. The molecule has 0 unspecified atom stereocenters. The molecule has 3 aromatic rings. The molecule has 0 aliphatic heterocycles. The van der Waals surface area contributed by atoms with Gasteiger partial charge in [-0.15, -0.1) is 0 Å². The number of hydrogen-bond acceptors (Lipinski definition) is 3. The van der Waals surface area contributed by atoms with Crippen LogP contribution in [0.4, 0.5) is 5.69 Å². The summed E-state index contributed by atoms with van der Waals surface area (Å²) >= 11 is 0. The van der Waals surface area contributed by atoms with Crippen molar-refractivity contribution >= 4 is 17.6 Å². The zero-order valence-electron chi connectivity index (χ0n) is 19.2. The number of ether oxygens (including phenoxy) is 1. The minimum Gasteiger partial charge on any atom is -0.452 e. The van der Waals surface area contributed by atoms with Crippen LogP contribution in [-0.2, 0) is 14.3 Å². The van der Waals surface area contributed by atoms with E-state index in [1.165, 1.54) is 0 Å². The fraction of sp³-hybridized carbons (Fsp3) is 0.286. The Morgan fingerprint density at radius 1 is 0.719 bits per heavy atom. The van der Waals surface area contributed by atoms with E-state index < -0.39 is 12.1 Å². The van der Waals surface area contributed by atoms with Crippen LogP contribution in [-0.4, -0.2) is 11.9 Å². The second-order valence-electron chi connectivity index (χ2n) is 8.54. The summed E-state index contributed by atoms with van der Waals surface area (Å²) in [5.41, 5.74) is 4.64. The largest absolute Gasteiger partial charge is 0.452 e. The van der Waals surface area contributed by atoms with Gasteiger partial charge >= 0.3 is 5.97 Å². The van der Waals surface area contributed by atoms with E-state index in [-0.39, 0.29) is 24.2 Å². The SMILES string of the molecule is CC(C)c1cccc(C(C)C)c1NC(=O)CC(=O)OC(c1ccccc1)c1ccccc1. The van der Waals surface area contributed by atoms with Crippen molar-refractivity contribution in [1.82, 2.24) is 0 Å². The molecule has 0 aliphatic carbocycles. The van der Waals surface area contributed by atoms with Gasteiger partial charge in [-0.1, -0.05) is 107 Å². The maximum Gasteiger partial charge on any atom is 0.316 e. The first kappa shape index (κ1) is 23.3. The number of rotatable bonds is 8. The second kappa shape index (κ2) is 10.8. The fourth-order valence-electron chi connectivity index (χ4n) is 3.77. The Morgan fingerprint density at radius 2 is 1.19 bits per heavy atom. The zero-order valence-corrected chi connectivity index (χ0v) is 19.2. The van der Waals surface area contributed by atoms with Gasteiger partial charge in [-0.2, -0.15) is 0 Å². The monoisotopic (exact) mass is 429 g/mol. The fourth-order valence-corrected chi connectivity index (χ4v) is 3.77. The number of benzene rings is 3. The minimum atomic E-state index is -0.563. The van der Waals surface area contributed by atoms with Gasteiger partial charge in [0.1, 0.15) is 6.42 Å². The van der Waals surface area contributed by atoms with Gasteiger partial charge in [-0.3, -0.25) is 9.59 Å². The van der Waals surface area contributed by atoms with E-state index in [1.54, 1.807) is 0 Å². The summed E-state index contributed by atoms with van der Waals surface area (Å²) in [7, 11) is 0. The minimum absolute atomic E-state index is 0.247. The van der Waals surface area contributed by atoms with Gasteiger partial charge in [0.25, 0.3) is 0 Å². The molecule has 0 aromatic heterocycles. The Morgan fingerprint density at radius 3 is 1.62 bits per heavy atom. The van der Waals surface area contributed by atoms with E-state index >= 15 is 0 Å². The molecular weight excluding hydrogens is 398 g/mol. The van der Waals surface area contributed by atoms with Gasteiger partial charge < -0.3 is 10.1 Å². The summed E-state index contributed by atoms with van der Waals surface area (Å²) in [5.74, 6) is -0.439. The molecule has 3 rings (SSSR count). The highest BCUT2D eigenvalue weighted by Crippen LogP contribution is 2.32. The van der Waals surface area contributed by atoms with Gasteiger partial charge in [0.15, 0.2) is 6.10 Å². The summed E-state index contributed by atoms with van der Waals surface area (Å²) in [6.45, 7) is 8.36. The molecule has 0 aliphatic rings. The van der Waals surface area contributed by atoms with Crippen LogP contribution in [0.3, 0.4) is 0 Å². The third kappa shape index (κ3) is 5.85. The Balaban J connectivity index is 1.76. The molecule has 4 nitrogen and oxygen atoms in total. The van der Waals surface area contributed by atoms with Crippen LogP contribution in [0.15, 0.2) is 78.9 Å². The number of anilines is 1. The number of carbonyl (C=O) groups excluding carboxylic acids is 2. The number of nitrogens with one attached hydrogen (secondary N) is 1. The van der Waals surface area contributed by atoms with Crippen molar-refractivity contribution in [2.45, 2.75) is 52.1 Å². The average Bonchev–Trinajstić information content (AvgIpc) is 2.78. The summed E-state index contributed by atoms with van der Waals surface area (Å²) in [6, 6.07) is 25.2. The number of carbonyl (C=O) groups is 2. The van der Waals surface area contributed by atoms with Crippen LogP contribution < -0.4 is 5.32 Å². The lowest BCUT2D eigenvalue weighted by molar-refractivity contribution is -0.149. The maximum atomic E-state index is 12.8. The van der Waals surface area contributed by atoms with E-state index in [0.29, 0.717) is 0 Å². The zero-order chi connectivity index (χ0) is 23.1. The lowest BCUT2D eigenvalue weighted by Gasteiger charge is -2.21. The number of hydrogen-bond donors (Lipinski definition) is 1. The van der Waals surface area contributed by atoms with Crippen LogP contribution in [0, 0.1) is 0 Å². The van der Waals surface area contributed by atoms with Crippen molar-refractivity contribution < 1.29 is 14.3 Å². The highest BCUT2D eigenvalue weighted by Gasteiger charge is 2.22. The maximum absolute atomic E-state index is 12.8. The van der Waals surface area contributed by atoms with Crippen molar-refractivity contribution in [3.05, 3.63) is 101 Å². The average molecular weight is 430 g/mol. The summed E-state index contributed by atoms with van der Waals surface area (Å²) in [5, 5.41) is 2.99. The molecule has 1 N–H and O–H groups in total. The molecule has 0 bridgehead atoms. The van der Waals surface area contributed by atoms with Gasteiger partial charge in [0.2, 0.25) is 5.91 Å². The van der Waals surface area contributed by atoms with Crippen LogP contribution in [0.25, 0.3) is 0 Å². The molecule has 0 saturated heterocycles. The lowest BCUT2D eigenvalue weighted by Crippen LogP contribution is -2.22. The Bertz CT molecular complexity index is 977. The van der Waals surface area contributed by atoms with Crippen molar-refractivity contribution in [3.8, 4) is 0 Å². The first-order chi connectivity index (χ1) is 15.4. The first-order valence-electron chi connectivity index (χ1n) is 11.1. The molecule has 0 atom stereocenters. The highest BCUT2D eigenvalue weighted by molar-refractivity contribution is 6.02. The Hall–Kier alpha value is -3.40. The molecule has 166 valence electrons. The Kier molecular flexibility index (Phi) is 7.82. The van der Waals surface area contributed by atoms with E-state index in [1.807, 2.05) is 78.9 Å². The van der Waals surface area contributed by atoms with Crippen molar-refractivity contribution in [1.29, 1.82) is 0 Å². The van der Waals surface area contributed by atoms with Crippen LogP contribution >= 0.6 is 0 Å². The molecule has 4 heteroatoms. The van der Waals surface area contributed by atoms with Crippen LogP contribution in [0.5, 0.6) is 0 Å². The van der Waals surface area contributed by atoms with E-state index in [0.717, 1.165) is 27.9 Å². The number of esters is 1. The third-order valence-electron chi connectivity index (χ3n) is 5.40. The van der Waals surface area contributed by atoms with Crippen LogP contribution in [0.2, 0.25) is 0 Å². The standard InChI is InChI=1S/C28H31NO3/c1-19(2)23-16-11-17-24(20(3)4)27(23)29-25(30)18-26(31)32-28(21-12-7-5-8-13-21)22-14-9-6-10-15-22/h5-17,19-20,28H,18H2,1-4H3,(H,29,30). The first-order valence-corrected chi connectivity index (χ1v) is 11.1. The molecule has 3 aromatic carbocycles. The molecule has 0 saturated carbocycles. The molecule has 1 amide bonds. The van der Waals surface area contributed by atoms with E-state index in [4.69, 9.17) is 4.74 Å². The van der Waals surface area contributed by atoms with Gasteiger partial charge in [0.05, 0.1) is 0 Å². The topological polar surface area (TPSA) is 55.4 Å². The molecule has 0 spiro atoms. The summed E-state index contributed by atoms with van der Waals surface area (Å²) in [6.07, 6.45) is -0.910. The molecule has 0 heterocycles. The highest BCUT2D eigenvalue weighted by atomic mass is 16.5. The quantitative estimate of drug-likeness (QED) is 0.324. The predicted octanol–water partition coefficient (Wildman–Crippen LogP) is 6.59. The molecule has 32 heavy (non-hydrogen) atoms. The Labute approximate surface area is 190 Å². The van der Waals surface area contributed by atoms with Crippen molar-refractivity contribution in [2.75, 3.05) is 5.32 Å². The number of para-hydroxylation sites is 1. The summed E-state index contributed by atoms with van der Waals surface area (Å²) in [4.78, 5) is 25.6. The molecule has 0 fully saturated rings. The van der Waals surface area contributed by atoms with Gasteiger partial charge in [-0.25, -0.2) is 0 Å². The van der Waals surface area contributed by atoms with Crippen molar-refractivity contribution in [2.24, 2.45) is 0 Å². The number of amides is 1. The normalized spacial score (nSPS) is 11.1. The van der Waals surface area contributed by atoms with Gasteiger partial charge in [-0.05, 0) is 34.1 Å².